The first-order chi connectivity index (χ1) is 9.83. The lowest BCUT2D eigenvalue weighted by atomic mass is 9.96. The fraction of sp³-hybridized carbons (Fsp3) is 0.429. The summed E-state index contributed by atoms with van der Waals surface area (Å²) in [6, 6.07) is 3.27. The molecule has 21 heavy (non-hydrogen) atoms. The molecule has 0 bridgehead atoms. The van der Waals surface area contributed by atoms with E-state index in [2.05, 4.69) is 10.6 Å². The molecule has 1 unspecified atom stereocenters. The third-order valence-corrected chi connectivity index (χ3v) is 4.02. The Kier molecular flexibility index (Phi) is 4.37. The van der Waals surface area contributed by atoms with Crippen molar-refractivity contribution in [2.45, 2.75) is 31.8 Å². The van der Waals surface area contributed by atoms with Crippen LogP contribution in [0.5, 0.6) is 0 Å². The maximum Gasteiger partial charge on any atom is 0.329 e. The molecular formula is C14H16ClFN2O3. The predicted octanol–water partition coefficient (Wildman–Crippen LogP) is 2.53. The summed E-state index contributed by atoms with van der Waals surface area (Å²) >= 11 is 5.85. The van der Waals surface area contributed by atoms with Crippen LogP contribution in [0.4, 0.5) is 9.18 Å². The summed E-state index contributed by atoms with van der Waals surface area (Å²) in [5.74, 6) is -1.56. The van der Waals surface area contributed by atoms with Gasteiger partial charge in [-0.1, -0.05) is 17.7 Å². The third kappa shape index (κ3) is 3.64. The molecule has 1 saturated carbocycles. The van der Waals surface area contributed by atoms with Crippen LogP contribution in [0.3, 0.4) is 0 Å². The summed E-state index contributed by atoms with van der Waals surface area (Å²) in [6.07, 6.45) is 1.57. The monoisotopic (exact) mass is 314 g/mol. The van der Waals surface area contributed by atoms with Crippen molar-refractivity contribution >= 4 is 23.6 Å². The third-order valence-electron chi connectivity index (χ3n) is 3.67. The van der Waals surface area contributed by atoms with Crippen LogP contribution >= 0.6 is 11.6 Å². The minimum Gasteiger partial charge on any atom is -0.480 e. The second-order valence-corrected chi connectivity index (χ2v) is 5.73. The predicted molar refractivity (Wildman–Crippen MR) is 75.5 cm³/mol. The van der Waals surface area contributed by atoms with Gasteiger partial charge in [-0.3, -0.25) is 0 Å². The zero-order valence-corrected chi connectivity index (χ0v) is 12.2. The number of carboxylic acid groups (broad SMARTS) is 1. The number of hydrogen-bond donors (Lipinski definition) is 3. The summed E-state index contributed by atoms with van der Waals surface area (Å²) in [6.45, 7) is 1.59. The van der Waals surface area contributed by atoms with Crippen LogP contribution in [-0.2, 0) is 11.3 Å². The summed E-state index contributed by atoms with van der Waals surface area (Å²) in [4.78, 5) is 23.1. The van der Waals surface area contributed by atoms with E-state index in [-0.39, 0.29) is 17.5 Å². The van der Waals surface area contributed by atoms with E-state index in [1.54, 1.807) is 0 Å². The molecule has 1 atom stereocenters. The van der Waals surface area contributed by atoms with Crippen LogP contribution in [0.2, 0.25) is 5.02 Å². The first-order valence-electron chi connectivity index (χ1n) is 6.56. The van der Waals surface area contributed by atoms with Gasteiger partial charge in [-0.05, 0) is 43.4 Å². The second-order valence-electron chi connectivity index (χ2n) is 5.33. The van der Waals surface area contributed by atoms with Gasteiger partial charge in [-0.25, -0.2) is 14.0 Å². The van der Waals surface area contributed by atoms with Gasteiger partial charge in [-0.2, -0.15) is 0 Å². The average Bonchev–Trinajstić information content (AvgIpc) is 3.21. The number of carbonyl (C=O) groups excluding carboxylic acids is 1. The molecule has 0 saturated heterocycles. The van der Waals surface area contributed by atoms with E-state index in [0.29, 0.717) is 5.56 Å². The molecule has 1 aliphatic rings. The molecule has 0 aromatic heterocycles. The van der Waals surface area contributed by atoms with E-state index in [1.807, 2.05) is 0 Å². The number of urea groups is 1. The molecule has 7 heteroatoms. The smallest absolute Gasteiger partial charge is 0.329 e. The highest BCUT2D eigenvalue weighted by Crippen LogP contribution is 2.39. The number of amides is 2. The second kappa shape index (κ2) is 5.89. The number of carboxylic acids is 1. The number of hydrogen-bond acceptors (Lipinski definition) is 2. The highest BCUT2D eigenvalue weighted by molar-refractivity contribution is 6.31. The van der Waals surface area contributed by atoms with E-state index < -0.39 is 23.4 Å². The Balaban J connectivity index is 1.94. The number of halogens is 2. The fourth-order valence-electron chi connectivity index (χ4n) is 2.11. The van der Waals surface area contributed by atoms with Crippen molar-refractivity contribution < 1.29 is 19.1 Å². The highest BCUT2D eigenvalue weighted by Gasteiger charge is 2.48. The maximum atomic E-state index is 12.9. The SMILES string of the molecule is CC(NC(=O)NCc1ccc(F)cc1Cl)(C(=O)O)C1CC1. The zero-order chi connectivity index (χ0) is 15.6. The van der Waals surface area contributed by atoms with Gasteiger partial charge in [0.15, 0.2) is 0 Å². The molecule has 114 valence electrons. The van der Waals surface area contributed by atoms with Crippen LogP contribution in [0, 0.1) is 11.7 Å². The number of rotatable bonds is 5. The van der Waals surface area contributed by atoms with Gasteiger partial charge in [0.2, 0.25) is 0 Å². The molecular weight excluding hydrogens is 299 g/mol. The summed E-state index contributed by atoms with van der Waals surface area (Å²) in [5, 5.41) is 14.5. The number of aliphatic carboxylic acids is 1. The standard InChI is InChI=1S/C14H16ClFN2O3/c1-14(12(19)20,9-3-4-9)18-13(21)17-7-8-2-5-10(16)6-11(8)15/h2,5-6,9H,3-4,7H2,1H3,(H,19,20)(H2,17,18,21). The topological polar surface area (TPSA) is 78.4 Å². The van der Waals surface area contributed by atoms with Crippen LogP contribution in [0.1, 0.15) is 25.3 Å². The van der Waals surface area contributed by atoms with Gasteiger partial charge in [0, 0.05) is 11.6 Å². The zero-order valence-electron chi connectivity index (χ0n) is 11.5. The van der Waals surface area contributed by atoms with E-state index >= 15 is 0 Å². The average molecular weight is 315 g/mol. The Morgan fingerprint density at radius 1 is 1.48 bits per heavy atom. The van der Waals surface area contributed by atoms with E-state index in [4.69, 9.17) is 11.6 Å². The van der Waals surface area contributed by atoms with Crippen molar-refractivity contribution in [2.75, 3.05) is 0 Å². The summed E-state index contributed by atoms with van der Waals surface area (Å²) < 4.78 is 12.9. The lowest BCUT2D eigenvalue weighted by molar-refractivity contribution is -0.144. The first-order valence-corrected chi connectivity index (χ1v) is 6.94. The molecule has 1 aromatic carbocycles. The molecule has 3 N–H and O–H groups in total. The van der Waals surface area contributed by atoms with Crippen molar-refractivity contribution in [2.24, 2.45) is 5.92 Å². The molecule has 2 rings (SSSR count). The van der Waals surface area contributed by atoms with Crippen LogP contribution in [-0.4, -0.2) is 22.6 Å². The lowest BCUT2D eigenvalue weighted by Gasteiger charge is -2.26. The highest BCUT2D eigenvalue weighted by atomic mass is 35.5. The normalized spacial score (nSPS) is 16.9. The minimum absolute atomic E-state index is 0.0461. The fourth-order valence-corrected chi connectivity index (χ4v) is 2.35. The van der Waals surface area contributed by atoms with Gasteiger partial charge in [-0.15, -0.1) is 0 Å². The summed E-state index contributed by atoms with van der Waals surface area (Å²) in [5.41, 5.74) is -0.715. The van der Waals surface area contributed by atoms with Gasteiger partial charge < -0.3 is 15.7 Å². The Bertz CT molecular complexity index is 577. The number of carbonyl (C=O) groups is 2. The maximum absolute atomic E-state index is 12.9. The van der Waals surface area contributed by atoms with Crippen molar-refractivity contribution in [3.8, 4) is 0 Å². The van der Waals surface area contributed by atoms with E-state index in [0.717, 1.165) is 18.9 Å². The molecule has 1 aliphatic carbocycles. The van der Waals surface area contributed by atoms with E-state index in [9.17, 15) is 19.1 Å². The van der Waals surface area contributed by atoms with E-state index in [1.165, 1.54) is 19.1 Å². The largest absolute Gasteiger partial charge is 0.480 e. The molecule has 5 nitrogen and oxygen atoms in total. The molecule has 2 amide bonds. The first kappa shape index (κ1) is 15.6. The molecule has 0 radical (unpaired) electrons. The Morgan fingerprint density at radius 3 is 2.67 bits per heavy atom. The molecule has 1 fully saturated rings. The Hall–Kier alpha value is -1.82. The minimum atomic E-state index is -1.27. The van der Waals surface area contributed by atoms with Crippen LogP contribution in [0.25, 0.3) is 0 Å². The van der Waals surface area contributed by atoms with Gasteiger partial charge >= 0.3 is 12.0 Å². The Labute approximate surface area is 126 Å². The van der Waals surface area contributed by atoms with Crippen LogP contribution in [0.15, 0.2) is 18.2 Å². The number of benzene rings is 1. The Morgan fingerprint density at radius 2 is 2.14 bits per heavy atom. The van der Waals surface area contributed by atoms with Crippen molar-refractivity contribution in [1.82, 2.24) is 10.6 Å². The van der Waals surface area contributed by atoms with Gasteiger partial charge in [0.1, 0.15) is 11.4 Å². The quantitative estimate of drug-likeness (QED) is 0.781. The number of nitrogens with one attached hydrogen (secondary N) is 2. The molecule has 0 aliphatic heterocycles. The lowest BCUT2D eigenvalue weighted by Crippen LogP contribution is -2.56. The molecule has 0 heterocycles. The van der Waals surface area contributed by atoms with Crippen molar-refractivity contribution in [3.63, 3.8) is 0 Å². The molecule has 1 aromatic rings. The van der Waals surface area contributed by atoms with Crippen LogP contribution < -0.4 is 10.6 Å². The van der Waals surface area contributed by atoms with Crippen molar-refractivity contribution in [3.05, 3.63) is 34.6 Å². The van der Waals surface area contributed by atoms with Gasteiger partial charge in [0.05, 0.1) is 0 Å². The summed E-state index contributed by atoms with van der Waals surface area (Å²) in [7, 11) is 0. The molecule has 0 spiro atoms. The van der Waals surface area contributed by atoms with Crippen molar-refractivity contribution in [1.29, 1.82) is 0 Å². The van der Waals surface area contributed by atoms with Gasteiger partial charge in [0.25, 0.3) is 0 Å².